The van der Waals surface area contributed by atoms with Crippen molar-refractivity contribution < 1.29 is 0 Å². The van der Waals surface area contributed by atoms with Crippen LogP contribution < -0.4 is 0 Å². The van der Waals surface area contributed by atoms with Gasteiger partial charge in [-0.3, -0.25) is 4.90 Å². The molecule has 0 aliphatic heterocycles. The fourth-order valence-corrected chi connectivity index (χ4v) is 2.66. The average molecular weight is 277 g/mol. The van der Waals surface area contributed by atoms with Crippen LogP contribution >= 0.6 is 11.3 Å². The Balaban J connectivity index is 2.03. The summed E-state index contributed by atoms with van der Waals surface area (Å²) < 4.78 is 1.88. The molecule has 0 unspecified atom stereocenters. The fraction of sp³-hybridized carbons (Fsp3) is 0.462. The monoisotopic (exact) mass is 277 g/mol. The molecule has 0 bridgehead atoms. The summed E-state index contributed by atoms with van der Waals surface area (Å²) in [7, 11) is 0. The number of tetrazole rings is 1. The van der Waals surface area contributed by atoms with Crippen LogP contribution in [0.1, 0.15) is 24.0 Å². The van der Waals surface area contributed by atoms with Crippen molar-refractivity contribution in [1.29, 1.82) is 0 Å². The zero-order valence-electron chi connectivity index (χ0n) is 11.2. The van der Waals surface area contributed by atoms with Crippen LogP contribution in [0.5, 0.6) is 0 Å². The minimum Gasteiger partial charge on any atom is -0.287 e. The van der Waals surface area contributed by atoms with E-state index in [-0.39, 0.29) is 0 Å². The quantitative estimate of drug-likeness (QED) is 0.695. The van der Waals surface area contributed by atoms with Gasteiger partial charge in [-0.05, 0) is 28.3 Å². The number of nitrogens with zero attached hydrogens (tertiary/aromatic N) is 5. The maximum Gasteiger partial charge on any atom is 0.165 e. The summed E-state index contributed by atoms with van der Waals surface area (Å²) in [5.41, 5.74) is 0. The van der Waals surface area contributed by atoms with Crippen molar-refractivity contribution in [3.63, 3.8) is 0 Å². The lowest BCUT2D eigenvalue weighted by atomic mass is 10.3. The first-order valence-electron chi connectivity index (χ1n) is 6.44. The van der Waals surface area contributed by atoms with Gasteiger partial charge < -0.3 is 0 Å². The third-order valence-electron chi connectivity index (χ3n) is 2.75. The van der Waals surface area contributed by atoms with Gasteiger partial charge in [0.05, 0.1) is 6.54 Å². The van der Waals surface area contributed by atoms with Crippen molar-refractivity contribution in [3.8, 4) is 0 Å². The van der Waals surface area contributed by atoms with Crippen molar-refractivity contribution in [3.05, 3.63) is 40.9 Å². The molecular formula is C13H19N5S. The normalized spacial score (nSPS) is 11.1. The number of aromatic nitrogens is 4. The van der Waals surface area contributed by atoms with E-state index in [1.54, 1.807) is 11.3 Å². The van der Waals surface area contributed by atoms with E-state index in [9.17, 15) is 0 Å². The van der Waals surface area contributed by atoms with Crippen molar-refractivity contribution in [2.45, 2.75) is 33.0 Å². The molecule has 0 aliphatic rings. The summed E-state index contributed by atoms with van der Waals surface area (Å²) in [6.07, 6.45) is 2.95. The molecule has 0 radical (unpaired) electrons. The molecular weight excluding hydrogens is 258 g/mol. The van der Waals surface area contributed by atoms with Gasteiger partial charge in [0.25, 0.3) is 0 Å². The second-order valence-electron chi connectivity index (χ2n) is 4.36. The van der Waals surface area contributed by atoms with Crippen LogP contribution in [-0.2, 0) is 19.6 Å². The zero-order chi connectivity index (χ0) is 13.5. The summed E-state index contributed by atoms with van der Waals surface area (Å²) in [6, 6.07) is 4.23. The third kappa shape index (κ3) is 3.97. The molecule has 0 saturated heterocycles. The number of thiophene rings is 1. The Hall–Kier alpha value is -1.53. The molecule has 0 fully saturated rings. The Labute approximate surface area is 117 Å². The highest BCUT2D eigenvalue weighted by molar-refractivity contribution is 7.09. The van der Waals surface area contributed by atoms with Crippen LogP contribution in [0.3, 0.4) is 0 Å². The maximum atomic E-state index is 4.12. The van der Waals surface area contributed by atoms with Crippen LogP contribution in [0.15, 0.2) is 30.2 Å². The summed E-state index contributed by atoms with van der Waals surface area (Å²) >= 11 is 1.77. The summed E-state index contributed by atoms with van der Waals surface area (Å²) in [5.74, 6) is 0.917. The highest BCUT2D eigenvalue weighted by atomic mass is 32.1. The molecule has 5 nitrogen and oxygen atoms in total. The zero-order valence-corrected chi connectivity index (χ0v) is 12.0. The lowest BCUT2D eigenvalue weighted by molar-refractivity contribution is 0.274. The Morgan fingerprint density at radius 3 is 3.05 bits per heavy atom. The number of hydrogen-bond donors (Lipinski definition) is 0. The molecule has 0 atom stereocenters. The van der Waals surface area contributed by atoms with Crippen LogP contribution in [0.25, 0.3) is 0 Å². The minimum atomic E-state index is 0.747. The van der Waals surface area contributed by atoms with Crippen molar-refractivity contribution >= 4 is 11.3 Å². The van der Waals surface area contributed by atoms with E-state index in [1.165, 1.54) is 4.88 Å². The highest BCUT2D eigenvalue weighted by Gasteiger charge is 2.11. The van der Waals surface area contributed by atoms with E-state index < -0.39 is 0 Å². The van der Waals surface area contributed by atoms with E-state index >= 15 is 0 Å². The van der Waals surface area contributed by atoms with Gasteiger partial charge in [0.1, 0.15) is 0 Å². The van der Waals surface area contributed by atoms with E-state index in [2.05, 4.69) is 51.4 Å². The number of rotatable bonds is 8. The van der Waals surface area contributed by atoms with E-state index in [0.717, 1.165) is 38.4 Å². The lowest BCUT2D eigenvalue weighted by Crippen LogP contribution is -2.24. The van der Waals surface area contributed by atoms with Gasteiger partial charge in [-0.15, -0.1) is 23.0 Å². The first-order valence-corrected chi connectivity index (χ1v) is 7.32. The number of aryl methyl sites for hydroxylation is 1. The Bertz CT molecular complexity index is 491. The average Bonchev–Trinajstić information content (AvgIpc) is 3.03. The second kappa shape index (κ2) is 7.16. The van der Waals surface area contributed by atoms with Gasteiger partial charge >= 0.3 is 0 Å². The van der Waals surface area contributed by atoms with Gasteiger partial charge in [-0.2, -0.15) is 0 Å². The topological polar surface area (TPSA) is 46.8 Å². The van der Waals surface area contributed by atoms with Crippen molar-refractivity contribution in [1.82, 2.24) is 25.1 Å². The summed E-state index contributed by atoms with van der Waals surface area (Å²) in [5, 5.41) is 14.0. The molecule has 2 aromatic heterocycles. The molecule has 2 rings (SSSR count). The maximum absolute atomic E-state index is 4.12. The molecule has 2 heterocycles. The van der Waals surface area contributed by atoms with Crippen LogP contribution in [-0.4, -0.2) is 31.7 Å². The van der Waals surface area contributed by atoms with Gasteiger partial charge in [0.2, 0.25) is 0 Å². The van der Waals surface area contributed by atoms with E-state index in [1.807, 2.05) is 10.8 Å². The summed E-state index contributed by atoms with van der Waals surface area (Å²) in [6.45, 7) is 9.29. The highest BCUT2D eigenvalue weighted by Crippen LogP contribution is 2.13. The first-order chi connectivity index (χ1) is 9.33. The molecule has 6 heteroatoms. The van der Waals surface area contributed by atoms with Gasteiger partial charge in [0.15, 0.2) is 5.82 Å². The largest absolute Gasteiger partial charge is 0.287 e. The van der Waals surface area contributed by atoms with Crippen molar-refractivity contribution in [2.24, 2.45) is 0 Å². The Morgan fingerprint density at radius 1 is 1.47 bits per heavy atom. The second-order valence-corrected chi connectivity index (χ2v) is 5.39. The molecule has 19 heavy (non-hydrogen) atoms. The number of hydrogen-bond acceptors (Lipinski definition) is 5. The molecule has 0 amide bonds. The van der Waals surface area contributed by atoms with Crippen LogP contribution in [0.4, 0.5) is 0 Å². The van der Waals surface area contributed by atoms with Crippen LogP contribution in [0.2, 0.25) is 0 Å². The van der Waals surface area contributed by atoms with Crippen LogP contribution in [0, 0.1) is 0 Å². The van der Waals surface area contributed by atoms with Gasteiger partial charge in [-0.1, -0.05) is 19.1 Å². The molecule has 2 aromatic rings. The van der Waals surface area contributed by atoms with Crippen molar-refractivity contribution in [2.75, 3.05) is 6.54 Å². The lowest BCUT2D eigenvalue weighted by Gasteiger charge is -2.19. The summed E-state index contributed by atoms with van der Waals surface area (Å²) in [4.78, 5) is 3.63. The Kier molecular flexibility index (Phi) is 5.23. The predicted molar refractivity (Wildman–Crippen MR) is 76.7 cm³/mol. The molecule has 0 N–H and O–H groups in total. The van der Waals surface area contributed by atoms with Gasteiger partial charge in [0, 0.05) is 24.5 Å². The van der Waals surface area contributed by atoms with Gasteiger partial charge in [-0.25, -0.2) is 4.68 Å². The van der Waals surface area contributed by atoms with E-state index in [4.69, 9.17) is 0 Å². The minimum absolute atomic E-state index is 0.747. The predicted octanol–water partition coefficient (Wildman–Crippen LogP) is 2.33. The SMILES string of the molecule is C=CCN(Cc1cccs1)Cc1nnnn1CCC. The standard InChI is InChI=1S/C13H19N5S/c1-3-7-17(10-12-6-5-9-19-12)11-13-14-15-16-18(13)8-4-2/h3,5-6,9H,1,4,7-8,10-11H2,2H3. The third-order valence-corrected chi connectivity index (χ3v) is 3.61. The molecule has 102 valence electrons. The molecule has 0 spiro atoms. The first kappa shape index (κ1) is 13.9. The Morgan fingerprint density at radius 2 is 2.37 bits per heavy atom. The smallest absolute Gasteiger partial charge is 0.165 e. The molecule has 0 aliphatic carbocycles. The van der Waals surface area contributed by atoms with E-state index in [0.29, 0.717) is 0 Å². The molecule has 0 saturated carbocycles. The molecule has 0 aromatic carbocycles. The fourth-order valence-electron chi connectivity index (χ4n) is 1.91.